The molecule has 0 spiro atoms. The van der Waals surface area contributed by atoms with Crippen LogP contribution in [0, 0.1) is 5.92 Å². The van der Waals surface area contributed by atoms with E-state index in [9.17, 15) is 15.0 Å². The average Bonchev–Trinajstić information content (AvgIpc) is 2.82. The number of aliphatic hydroxyl groups is 1. The molecule has 0 aromatic heterocycles. The number of hydrogen-bond donors (Lipinski definition) is 2. The smallest absolute Gasteiger partial charge is 0.303 e. The van der Waals surface area contributed by atoms with Crippen molar-refractivity contribution in [2.24, 2.45) is 5.92 Å². The zero-order valence-corrected chi connectivity index (χ0v) is 21.1. The molecule has 0 heterocycles. The Balaban J connectivity index is 1.91. The van der Waals surface area contributed by atoms with Gasteiger partial charge in [-0.1, -0.05) is 88.9 Å². The highest BCUT2D eigenvalue weighted by molar-refractivity contribution is 5.67. The van der Waals surface area contributed by atoms with Gasteiger partial charge in [0.05, 0.1) is 6.10 Å². The Hall–Kier alpha value is -2.33. The molecular formula is C30H42O4. The fraction of sp³-hybridized carbons (Fsp3) is 0.567. The summed E-state index contributed by atoms with van der Waals surface area (Å²) >= 11 is 0. The molecule has 1 saturated carbocycles. The van der Waals surface area contributed by atoms with Gasteiger partial charge in [0.25, 0.3) is 0 Å². The van der Waals surface area contributed by atoms with Gasteiger partial charge in [0, 0.05) is 6.42 Å². The first kappa shape index (κ1) is 26.3. The predicted molar refractivity (Wildman–Crippen MR) is 137 cm³/mol. The van der Waals surface area contributed by atoms with E-state index in [0.717, 1.165) is 29.7 Å². The first-order chi connectivity index (χ1) is 16.3. The fourth-order valence-electron chi connectivity index (χ4n) is 5.32. The second kappa shape index (κ2) is 12.4. The van der Waals surface area contributed by atoms with Gasteiger partial charge >= 0.3 is 5.97 Å². The van der Waals surface area contributed by atoms with Crippen molar-refractivity contribution in [3.8, 4) is 5.75 Å². The molecule has 0 aliphatic heterocycles. The van der Waals surface area contributed by atoms with Crippen molar-refractivity contribution in [1.29, 1.82) is 0 Å². The Morgan fingerprint density at radius 1 is 1.06 bits per heavy atom. The van der Waals surface area contributed by atoms with Gasteiger partial charge < -0.3 is 14.9 Å². The third-order valence-corrected chi connectivity index (χ3v) is 7.49. The maximum absolute atomic E-state index is 11.6. The number of aliphatic hydroxyl groups excluding tert-OH is 1. The molecule has 34 heavy (non-hydrogen) atoms. The van der Waals surface area contributed by atoms with Gasteiger partial charge in [-0.2, -0.15) is 0 Å². The number of carboxylic acid groups (broad SMARTS) is 1. The molecule has 0 radical (unpaired) electrons. The van der Waals surface area contributed by atoms with Gasteiger partial charge in [0.15, 0.2) is 0 Å². The normalized spacial score (nSPS) is 20.8. The van der Waals surface area contributed by atoms with Crippen LogP contribution < -0.4 is 4.74 Å². The minimum absolute atomic E-state index is 0.00730. The molecule has 3 atom stereocenters. The van der Waals surface area contributed by atoms with E-state index in [1.54, 1.807) is 0 Å². The topological polar surface area (TPSA) is 66.8 Å². The van der Waals surface area contributed by atoms with Gasteiger partial charge in [-0.05, 0) is 65.7 Å². The molecule has 2 N–H and O–H groups in total. The Morgan fingerprint density at radius 3 is 2.53 bits per heavy atom. The summed E-state index contributed by atoms with van der Waals surface area (Å²) in [5.74, 6) is 0.0423. The van der Waals surface area contributed by atoms with Gasteiger partial charge in [0.2, 0.25) is 0 Å². The van der Waals surface area contributed by atoms with E-state index in [2.05, 4.69) is 51.1 Å². The van der Waals surface area contributed by atoms with Crippen molar-refractivity contribution < 1.29 is 19.7 Å². The van der Waals surface area contributed by atoms with Crippen LogP contribution in [0.3, 0.4) is 0 Å². The van der Waals surface area contributed by atoms with Crippen LogP contribution in [0.5, 0.6) is 5.75 Å². The van der Waals surface area contributed by atoms with Crippen molar-refractivity contribution in [2.75, 3.05) is 0 Å². The molecule has 0 bridgehead atoms. The summed E-state index contributed by atoms with van der Waals surface area (Å²) in [6, 6.07) is 16.6. The van der Waals surface area contributed by atoms with Crippen molar-refractivity contribution >= 4 is 5.97 Å². The largest absolute Gasteiger partial charge is 0.489 e. The highest BCUT2D eigenvalue weighted by atomic mass is 16.5. The standard InChI is InChI=1S/C30H42O4/c1-4-5-6-10-17-30(2,3)24-14-16-26(27-20-25(31)15-13-23(27)18-29(32)33)28(19-24)34-21-22-11-8-7-9-12-22/h7-9,11-12,14,16,19,23,25,27,31H,4-6,10,13,15,17-18,20-21H2,1-3H3,(H,32,33). The van der Waals surface area contributed by atoms with E-state index in [4.69, 9.17) is 4.74 Å². The minimum atomic E-state index is -0.775. The van der Waals surface area contributed by atoms with Gasteiger partial charge in [-0.15, -0.1) is 0 Å². The highest BCUT2D eigenvalue weighted by Crippen LogP contribution is 2.45. The van der Waals surface area contributed by atoms with Crippen molar-refractivity contribution in [3.63, 3.8) is 0 Å². The second-order valence-electron chi connectivity index (χ2n) is 10.7. The zero-order valence-electron chi connectivity index (χ0n) is 21.1. The van der Waals surface area contributed by atoms with Gasteiger partial charge in [0.1, 0.15) is 12.4 Å². The summed E-state index contributed by atoms with van der Waals surface area (Å²) in [5, 5.41) is 19.9. The Labute approximate surface area is 205 Å². The molecular weight excluding hydrogens is 424 g/mol. The molecule has 1 fully saturated rings. The number of rotatable bonds is 12. The predicted octanol–water partition coefficient (Wildman–Crippen LogP) is 7.23. The number of carbonyl (C=O) groups is 1. The summed E-state index contributed by atoms with van der Waals surface area (Å²) in [5.41, 5.74) is 3.42. The molecule has 1 aliphatic carbocycles. The molecule has 3 unspecified atom stereocenters. The second-order valence-corrected chi connectivity index (χ2v) is 10.7. The molecule has 3 rings (SSSR count). The summed E-state index contributed by atoms with van der Waals surface area (Å²) < 4.78 is 6.41. The third kappa shape index (κ3) is 7.33. The minimum Gasteiger partial charge on any atom is -0.489 e. The average molecular weight is 467 g/mol. The Morgan fingerprint density at radius 2 is 1.82 bits per heavy atom. The summed E-state index contributed by atoms with van der Waals surface area (Å²) in [4.78, 5) is 11.6. The van der Waals surface area contributed by atoms with Crippen LogP contribution in [0.2, 0.25) is 0 Å². The lowest BCUT2D eigenvalue weighted by molar-refractivity contribution is -0.138. The maximum Gasteiger partial charge on any atom is 0.303 e. The molecule has 186 valence electrons. The molecule has 4 heteroatoms. The fourth-order valence-corrected chi connectivity index (χ4v) is 5.32. The SMILES string of the molecule is CCCCCCC(C)(C)c1ccc(C2CC(O)CCC2CC(=O)O)c(OCc2ccccc2)c1. The zero-order chi connectivity index (χ0) is 24.6. The van der Waals surface area contributed by atoms with Crippen LogP contribution in [0.15, 0.2) is 48.5 Å². The van der Waals surface area contributed by atoms with E-state index >= 15 is 0 Å². The van der Waals surface area contributed by atoms with Crippen molar-refractivity contribution in [1.82, 2.24) is 0 Å². The number of benzene rings is 2. The molecule has 2 aromatic carbocycles. The number of hydrogen-bond acceptors (Lipinski definition) is 3. The number of carboxylic acids is 1. The summed E-state index contributed by atoms with van der Waals surface area (Å²) in [6.07, 6.45) is 7.79. The van der Waals surface area contributed by atoms with E-state index in [1.165, 1.54) is 31.2 Å². The molecule has 1 aliphatic rings. The van der Waals surface area contributed by atoms with E-state index in [0.29, 0.717) is 19.4 Å². The number of aliphatic carboxylic acids is 1. The van der Waals surface area contributed by atoms with E-state index in [-0.39, 0.29) is 23.7 Å². The van der Waals surface area contributed by atoms with Crippen molar-refractivity contribution in [3.05, 3.63) is 65.2 Å². The van der Waals surface area contributed by atoms with Gasteiger partial charge in [-0.3, -0.25) is 4.79 Å². The molecule has 4 nitrogen and oxygen atoms in total. The maximum atomic E-state index is 11.6. The third-order valence-electron chi connectivity index (χ3n) is 7.49. The lowest BCUT2D eigenvalue weighted by Crippen LogP contribution is -2.28. The highest BCUT2D eigenvalue weighted by Gasteiger charge is 2.34. The quantitative estimate of drug-likeness (QED) is 0.324. The van der Waals surface area contributed by atoms with Crippen LogP contribution >= 0.6 is 0 Å². The van der Waals surface area contributed by atoms with Crippen molar-refractivity contribution in [2.45, 2.75) is 103 Å². The summed E-state index contributed by atoms with van der Waals surface area (Å²) in [7, 11) is 0. The van der Waals surface area contributed by atoms with Gasteiger partial charge in [-0.25, -0.2) is 0 Å². The first-order valence-corrected chi connectivity index (χ1v) is 13.0. The Kier molecular flexibility index (Phi) is 9.58. The van der Waals surface area contributed by atoms with Crippen LogP contribution in [0.4, 0.5) is 0 Å². The van der Waals surface area contributed by atoms with Crippen LogP contribution in [-0.4, -0.2) is 22.3 Å². The van der Waals surface area contributed by atoms with Crippen LogP contribution in [-0.2, 0) is 16.8 Å². The molecule has 2 aromatic rings. The number of ether oxygens (including phenoxy) is 1. The van der Waals surface area contributed by atoms with Crippen LogP contribution in [0.1, 0.15) is 101 Å². The molecule has 0 amide bonds. The monoisotopic (exact) mass is 466 g/mol. The first-order valence-electron chi connectivity index (χ1n) is 13.0. The van der Waals surface area contributed by atoms with E-state index in [1.807, 2.05) is 18.2 Å². The number of unbranched alkanes of at least 4 members (excludes halogenated alkanes) is 3. The lowest BCUT2D eigenvalue weighted by atomic mass is 9.71. The lowest BCUT2D eigenvalue weighted by Gasteiger charge is -2.35. The van der Waals surface area contributed by atoms with E-state index < -0.39 is 12.1 Å². The summed E-state index contributed by atoms with van der Waals surface area (Å²) in [6.45, 7) is 7.30. The molecule has 0 saturated heterocycles. The van der Waals surface area contributed by atoms with Crippen LogP contribution in [0.25, 0.3) is 0 Å². The Bertz CT molecular complexity index is 905.